The number of fused-ring (bicyclic) bond motifs is 1. The molecule has 0 bridgehead atoms. The van der Waals surface area contributed by atoms with E-state index in [1.54, 1.807) is 24.3 Å². The molecule has 7 heteroatoms. The maximum absolute atomic E-state index is 15.0. The molecule has 130 valence electrons. The highest BCUT2D eigenvalue weighted by Gasteiger charge is 2.36. The maximum Gasteiger partial charge on any atom is 0.201 e. The van der Waals surface area contributed by atoms with Crippen LogP contribution in [0.5, 0.6) is 0 Å². The summed E-state index contributed by atoms with van der Waals surface area (Å²) in [6, 6.07) is 7.66. The molecule has 4 N–H and O–H groups in total. The smallest absolute Gasteiger partial charge is 0.201 e. The zero-order valence-corrected chi connectivity index (χ0v) is 14.0. The Kier molecular flexibility index (Phi) is 3.89. The van der Waals surface area contributed by atoms with Crippen LogP contribution < -0.4 is 5.30 Å². The first-order chi connectivity index (χ1) is 11.9. The Morgan fingerprint density at radius 2 is 1.76 bits per heavy atom. The number of benzene rings is 2. The Labute approximate surface area is 143 Å². The monoisotopic (exact) mass is 363 g/mol. The highest BCUT2D eigenvalue weighted by molar-refractivity contribution is 7.54. The second kappa shape index (κ2) is 5.85. The van der Waals surface area contributed by atoms with Crippen molar-refractivity contribution >= 4 is 24.6 Å². The van der Waals surface area contributed by atoms with E-state index in [4.69, 9.17) is 0 Å². The van der Waals surface area contributed by atoms with Gasteiger partial charge in [0.2, 0.25) is 8.38 Å². The molecule has 1 aliphatic carbocycles. The Morgan fingerprint density at radius 3 is 2.32 bits per heavy atom. The fraction of sp³-hybridized carbons (Fsp3) is 0.222. The number of hydrogen-bond donors (Lipinski definition) is 4. The van der Waals surface area contributed by atoms with E-state index in [0.717, 1.165) is 18.1 Å². The number of aromatic amines is 1. The van der Waals surface area contributed by atoms with Crippen LogP contribution in [-0.4, -0.2) is 19.9 Å². The van der Waals surface area contributed by atoms with Gasteiger partial charge in [0.1, 0.15) is 11.6 Å². The molecular weight excluding hydrogens is 347 g/mol. The standard InChI is InChI=1S/C18H16F2NO3P/c19-12-8-13-16(14(9-21-13)25(23)24)17(20)15(12)10-2-4-11(5-3-10)18(22)6-1-7-18/h2-5,8-9,21-24H,1,6-7H2. The fourth-order valence-corrected chi connectivity index (χ4v) is 3.97. The molecule has 3 aromatic rings. The summed E-state index contributed by atoms with van der Waals surface area (Å²) in [6.45, 7) is 0. The minimum atomic E-state index is -2.51. The van der Waals surface area contributed by atoms with Gasteiger partial charge in [-0.15, -0.1) is 0 Å². The van der Waals surface area contributed by atoms with E-state index < -0.39 is 25.6 Å². The van der Waals surface area contributed by atoms with Crippen molar-refractivity contribution in [3.05, 3.63) is 53.7 Å². The Balaban J connectivity index is 1.84. The minimum Gasteiger partial charge on any atom is -0.385 e. The minimum absolute atomic E-state index is 0.0177. The summed E-state index contributed by atoms with van der Waals surface area (Å²) in [5, 5.41) is 10.4. The molecule has 4 nitrogen and oxygen atoms in total. The molecule has 0 unspecified atom stereocenters. The van der Waals surface area contributed by atoms with Crippen molar-refractivity contribution in [2.24, 2.45) is 0 Å². The molecule has 1 heterocycles. The highest BCUT2D eigenvalue weighted by atomic mass is 31.2. The number of H-pyrrole nitrogens is 1. The normalized spacial score (nSPS) is 16.4. The maximum atomic E-state index is 15.0. The lowest BCUT2D eigenvalue weighted by atomic mass is 9.75. The van der Waals surface area contributed by atoms with Crippen molar-refractivity contribution in [1.82, 2.24) is 4.98 Å². The van der Waals surface area contributed by atoms with Crippen molar-refractivity contribution in [2.45, 2.75) is 24.9 Å². The zero-order chi connectivity index (χ0) is 17.8. The lowest BCUT2D eigenvalue weighted by Crippen LogP contribution is -2.33. The third-order valence-corrected chi connectivity index (χ3v) is 5.73. The van der Waals surface area contributed by atoms with E-state index in [2.05, 4.69) is 4.98 Å². The van der Waals surface area contributed by atoms with Gasteiger partial charge < -0.3 is 19.9 Å². The van der Waals surface area contributed by atoms with Crippen LogP contribution in [-0.2, 0) is 5.60 Å². The average molecular weight is 363 g/mol. The first kappa shape index (κ1) is 16.6. The summed E-state index contributed by atoms with van der Waals surface area (Å²) in [4.78, 5) is 21.5. The van der Waals surface area contributed by atoms with Gasteiger partial charge in [-0.25, -0.2) is 8.78 Å². The summed E-state index contributed by atoms with van der Waals surface area (Å²) < 4.78 is 29.4. The first-order valence-corrected chi connectivity index (χ1v) is 9.16. The predicted molar refractivity (Wildman–Crippen MR) is 92.4 cm³/mol. The van der Waals surface area contributed by atoms with Gasteiger partial charge in [-0.2, -0.15) is 0 Å². The molecule has 1 saturated carbocycles. The Hall–Kier alpha value is -1.85. The van der Waals surface area contributed by atoms with Crippen LogP contribution in [0.25, 0.3) is 22.0 Å². The SMILES string of the molecule is OP(O)c1c[nH]c2cc(F)c(-c3ccc(C4(O)CCC4)cc3)c(F)c12. The van der Waals surface area contributed by atoms with Gasteiger partial charge >= 0.3 is 0 Å². The van der Waals surface area contributed by atoms with E-state index in [0.29, 0.717) is 18.4 Å². The van der Waals surface area contributed by atoms with E-state index in [9.17, 15) is 23.7 Å². The fourth-order valence-electron chi connectivity index (χ4n) is 3.37. The van der Waals surface area contributed by atoms with Gasteiger partial charge in [0, 0.05) is 11.6 Å². The summed E-state index contributed by atoms with van der Waals surface area (Å²) in [5.41, 5.74) is 0.177. The number of nitrogens with one attached hydrogen (secondary N) is 1. The van der Waals surface area contributed by atoms with Crippen molar-refractivity contribution in [3.63, 3.8) is 0 Å². The topological polar surface area (TPSA) is 76.5 Å². The predicted octanol–water partition coefficient (Wildman–Crippen LogP) is 3.41. The van der Waals surface area contributed by atoms with Gasteiger partial charge in [-0.3, -0.25) is 0 Å². The molecule has 0 saturated heterocycles. The van der Waals surface area contributed by atoms with Crippen LogP contribution in [0.1, 0.15) is 24.8 Å². The van der Waals surface area contributed by atoms with E-state index in [1.165, 1.54) is 6.20 Å². The average Bonchev–Trinajstić information content (AvgIpc) is 2.97. The molecule has 1 fully saturated rings. The van der Waals surface area contributed by atoms with Gasteiger partial charge in [-0.05, 0) is 36.5 Å². The van der Waals surface area contributed by atoms with Gasteiger partial charge in [0.05, 0.1) is 22.0 Å². The molecule has 25 heavy (non-hydrogen) atoms. The third-order valence-electron chi connectivity index (χ3n) is 4.95. The van der Waals surface area contributed by atoms with Crippen LogP contribution in [0.15, 0.2) is 36.5 Å². The second-order valence-electron chi connectivity index (χ2n) is 6.40. The number of aromatic nitrogens is 1. The molecule has 0 aliphatic heterocycles. The molecule has 1 aliphatic rings. The molecule has 0 atom stereocenters. The number of halogens is 2. The van der Waals surface area contributed by atoms with Gasteiger partial charge in [0.25, 0.3) is 0 Å². The molecule has 0 amide bonds. The molecule has 0 radical (unpaired) electrons. The lowest BCUT2D eigenvalue weighted by Gasteiger charge is -2.37. The van der Waals surface area contributed by atoms with Crippen molar-refractivity contribution in [1.29, 1.82) is 0 Å². The van der Waals surface area contributed by atoms with Crippen LogP contribution in [0.2, 0.25) is 0 Å². The van der Waals surface area contributed by atoms with Crippen molar-refractivity contribution < 1.29 is 23.7 Å². The number of hydrogen-bond acceptors (Lipinski definition) is 3. The molecule has 4 rings (SSSR count). The summed E-state index contributed by atoms with van der Waals surface area (Å²) in [7, 11) is -2.51. The van der Waals surface area contributed by atoms with Crippen molar-refractivity contribution in [2.75, 3.05) is 0 Å². The highest BCUT2D eigenvalue weighted by Crippen LogP contribution is 2.42. The zero-order valence-electron chi connectivity index (χ0n) is 13.1. The van der Waals surface area contributed by atoms with Crippen molar-refractivity contribution in [3.8, 4) is 11.1 Å². The molecule has 0 spiro atoms. The quantitative estimate of drug-likeness (QED) is 0.539. The molecule has 1 aromatic heterocycles. The number of aliphatic hydroxyl groups is 1. The van der Waals surface area contributed by atoms with Gasteiger partial charge in [-0.1, -0.05) is 24.3 Å². The van der Waals surface area contributed by atoms with Crippen LogP contribution in [0, 0.1) is 11.6 Å². The largest absolute Gasteiger partial charge is 0.385 e. The molecule has 2 aromatic carbocycles. The van der Waals surface area contributed by atoms with Gasteiger partial charge in [0.15, 0.2) is 0 Å². The second-order valence-corrected chi connectivity index (χ2v) is 7.46. The summed E-state index contributed by atoms with van der Waals surface area (Å²) >= 11 is 0. The van der Waals surface area contributed by atoms with E-state index in [-0.39, 0.29) is 21.8 Å². The third kappa shape index (κ3) is 2.57. The Morgan fingerprint density at radius 1 is 1.08 bits per heavy atom. The van der Waals surface area contributed by atoms with Crippen LogP contribution >= 0.6 is 8.38 Å². The Bertz CT molecular complexity index is 949. The number of rotatable bonds is 3. The summed E-state index contributed by atoms with van der Waals surface area (Å²) in [6.07, 6.45) is 3.60. The first-order valence-electron chi connectivity index (χ1n) is 7.91. The van der Waals surface area contributed by atoms with E-state index in [1.807, 2.05) is 0 Å². The van der Waals surface area contributed by atoms with E-state index >= 15 is 0 Å². The summed E-state index contributed by atoms with van der Waals surface area (Å²) in [5.74, 6) is -1.58. The van der Waals surface area contributed by atoms with Crippen LogP contribution in [0.3, 0.4) is 0 Å². The molecular formula is C18H16F2NO3P. The lowest BCUT2D eigenvalue weighted by molar-refractivity contribution is -0.0387. The van der Waals surface area contributed by atoms with Crippen LogP contribution in [0.4, 0.5) is 8.78 Å².